The molecular formula is C16H21Cl2N3OS. The van der Waals surface area contributed by atoms with E-state index in [9.17, 15) is 4.79 Å². The Morgan fingerprint density at radius 3 is 2.83 bits per heavy atom. The molecule has 2 aromatic rings. The number of hydrogen-bond donors (Lipinski definition) is 1. The van der Waals surface area contributed by atoms with Crippen LogP contribution in [0.3, 0.4) is 0 Å². The molecule has 126 valence electrons. The Hall–Kier alpha value is -1.14. The monoisotopic (exact) mass is 373 g/mol. The third-order valence-corrected chi connectivity index (χ3v) is 4.61. The first-order valence-corrected chi connectivity index (χ1v) is 8.14. The standard InChI is InChI=1S/C16H19N3OS.2ClH/c1-12-11-21-15(18-12)13-4-2-5-14(10-13)16(20)19-8-3-6-17-7-9-19;;/h2,4-5,10-11,17H,3,6-9H2,1H3;2*1H. The number of rotatable bonds is 2. The van der Waals surface area contributed by atoms with Crippen molar-refractivity contribution in [2.24, 2.45) is 0 Å². The topological polar surface area (TPSA) is 45.2 Å². The Morgan fingerprint density at radius 1 is 1.26 bits per heavy atom. The SMILES string of the molecule is Cc1csc(-c2cccc(C(=O)N3CCCNCC3)c2)n1.Cl.Cl. The van der Waals surface area contributed by atoms with E-state index in [1.807, 2.05) is 41.5 Å². The average Bonchev–Trinajstić information content (AvgIpc) is 2.77. The second-order valence-corrected chi connectivity index (χ2v) is 6.13. The van der Waals surface area contributed by atoms with Gasteiger partial charge < -0.3 is 10.2 Å². The summed E-state index contributed by atoms with van der Waals surface area (Å²) in [6.07, 6.45) is 1.01. The van der Waals surface area contributed by atoms with Crippen LogP contribution in [0.2, 0.25) is 0 Å². The van der Waals surface area contributed by atoms with Crippen LogP contribution >= 0.6 is 36.2 Å². The minimum Gasteiger partial charge on any atom is -0.337 e. The normalized spacial score (nSPS) is 14.4. The number of aromatic nitrogens is 1. The number of carbonyl (C=O) groups is 1. The lowest BCUT2D eigenvalue weighted by Gasteiger charge is -2.20. The Labute approximate surface area is 153 Å². The summed E-state index contributed by atoms with van der Waals surface area (Å²) < 4.78 is 0. The third-order valence-electron chi connectivity index (χ3n) is 3.60. The molecule has 23 heavy (non-hydrogen) atoms. The van der Waals surface area contributed by atoms with Gasteiger partial charge in [-0.2, -0.15) is 0 Å². The van der Waals surface area contributed by atoms with E-state index >= 15 is 0 Å². The Bertz CT molecular complexity index is 640. The molecule has 1 saturated heterocycles. The summed E-state index contributed by atoms with van der Waals surface area (Å²) in [5, 5.41) is 6.33. The summed E-state index contributed by atoms with van der Waals surface area (Å²) in [5.74, 6) is 0.119. The number of aryl methyl sites for hydroxylation is 1. The number of amides is 1. The molecule has 1 aliphatic rings. The highest BCUT2D eigenvalue weighted by Crippen LogP contribution is 2.24. The largest absolute Gasteiger partial charge is 0.337 e. The van der Waals surface area contributed by atoms with Gasteiger partial charge in [-0.25, -0.2) is 4.98 Å². The smallest absolute Gasteiger partial charge is 0.253 e. The number of thiazole rings is 1. The lowest BCUT2D eigenvalue weighted by molar-refractivity contribution is 0.0766. The van der Waals surface area contributed by atoms with E-state index in [0.29, 0.717) is 0 Å². The van der Waals surface area contributed by atoms with Crippen LogP contribution in [0, 0.1) is 6.92 Å². The number of nitrogens with one attached hydrogen (secondary N) is 1. The maximum absolute atomic E-state index is 12.6. The lowest BCUT2D eigenvalue weighted by Crippen LogP contribution is -2.34. The van der Waals surface area contributed by atoms with Crippen LogP contribution in [0.25, 0.3) is 10.6 Å². The Morgan fingerprint density at radius 2 is 2.09 bits per heavy atom. The zero-order chi connectivity index (χ0) is 14.7. The summed E-state index contributed by atoms with van der Waals surface area (Å²) in [7, 11) is 0. The van der Waals surface area contributed by atoms with Crippen molar-refractivity contribution in [3.63, 3.8) is 0 Å². The molecule has 7 heteroatoms. The van der Waals surface area contributed by atoms with Crippen molar-refractivity contribution in [3.05, 3.63) is 40.9 Å². The van der Waals surface area contributed by atoms with E-state index in [2.05, 4.69) is 10.3 Å². The molecule has 1 aliphatic heterocycles. The van der Waals surface area contributed by atoms with Gasteiger partial charge in [0.15, 0.2) is 0 Å². The summed E-state index contributed by atoms with van der Waals surface area (Å²) >= 11 is 1.62. The fraction of sp³-hybridized carbons (Fsp3) is 0.375. The molecule has 0 spiro atoms. The van der Waals surface area contributed by atoms with E-state index in [0.717, 1.165) is 54.4 Å². The van der Waals surface area contributed by atoms with Crippen LogP contribution < -0.4 is 5.32 Å². The highest BCUT2D eigenvalue weighted by molar-refractivity contribution is 7.13. The van der Waals surface area contributed by atoms with Crippen LogP contribution in [-0.4, -0.2) is 42.0 Å². The van der Waals surface area contributed by atoms with E-state index < -0.39 is 0 Å². The number of benzene rings is 1. The molecule has 1 fully saturated rings. The summed E-state index contributed by atoms with van der Waals surface area (Å²) in [4.78, 5) is 19.1. The van der Waals surface area contributed by atoms with E-state index in [4.69, 9.17) is 0 Å². The molecule has 0 unspecified atom stereocenters. The highest BCUT2D eigenvalue weighted by Gasteiger charge is 2.17. The molecule has 0 radical (unpaired) electrons. The Kier molecular flexibility index (Phi) is 7.99. The lowest BCUT2D eigenvalue weighted by atomic mass is 10.1. The van der Waals surface area contributed by atoms with Crippen LogP contribution in [-0.2, 0) is 0 Å². The first-order chi connectivity index (χ1) is 10.2. The zero-order valence-corrected chi connectivity index (χ0v) is 15.4. The maximum atomic E-state index is 12.6. The second kappa shape index (κ2) is 9.23. The maximum Gasteiger partial charge on any atom is 0.253 e. The fourth-order valence-corrected chi connectivity index (χ4v) is 3.30. The van der Waals surface area contributed by atoms with Crippen LogP contribution in [0.5, 0.6) is 0 Å². The van der Waals surface area contributed by atoms with Crippen molar-refractivity contribution in [3.8, 4) is 10.6 Å². The van der Waals surface area contributed by atoms with Gasteiger partial charge in [0.2, 0.25) is 0 Å². The van der Waals surface area contributed by atoms with Crippen LogP contribution in [0.15, 0.2) is 29.6 Å². The zero-order valence-electron chi connectivity index (χ0n) is 12.9. The third kappa shape index (κ3) is 4.91. The van der Waals surface area contributed by atoms with Gasteiger partial charge in [-0.05, 0) is 32.0 Å². The van der Waals surface area contributed by atoms with Gasteiger partial charge in [-0.3, -0.25) is 4.79 Å². The van der Waals surface area contributed by atoms with Crippen molar-refractivity contribution in [1.29, 1.82) is 0 Å². The minimum absolute atomic E-state index is 0. The van der Waals surface area contributed by atoms with Gasteiger partial charge in [0.1, 0.15) is 5.01 Å². The molecule has 0 atom stereocenters. The summed E-state index contributed by atoms with van der Waals surface area (Å²) in [6.45, 7) is 5.45. The van der Waals surface area contributed by atoms with Gasteiger partial charge in [-0.1, -0.05) is 12.1 Å². The minimum atomic E-state index is 0. The molecule has 1 N–H and O–H groups in total. The Balaban J connectivity index is 0.00000132. The molecule has 1 aromatic carbocycles. The van der Waals surface area contributed by atoms with Gasteiger partial charge in [0.25, 0.3) is 5.91 Å². The number of nitrogens with zero attached hydrogens (tertiary/aromatic N) is 2. The second-order valence-electron chi connectivity index (χ2n) is 5.27. The van der Waals surface area contributed by atoms with E-state index in [1.54, 1.807) is 11.3 Å². The van der Waals surface area contributed by atoms with Crippen molar-refractivity contribution < 1.29 is 4.79 Å². The molecular weight excluding hydrogens is 353 g/mol. The first-order valence-electron chi connectivity index (χ1n) is 7.26. The van der Waals surface area contributed by atoms with Gasteiger partial charge in [0.05, 0.1) is 0 Å². The molecule has 0 aliphatic carbocycles. The molecule has 0 saturated carbocycles. The fourth-order valence-electron chi connectivity index (χ4n) is 2.50. The number of halogens is 2. The molecule has 2 heterocycles. The van der Waals surface area contributed by atoms with Gasteiger partial charge in [0, 0.05) is 41.8 Å². The van der Waals surface area contributed by atoms with Crippen molar-refractivity contribution in [2.45, 2.75) is 13.3 Å². The van der Waals surface area contributed by atoms with Crippen molar-refractivity contribution in [2.75, 3.05) is 26.2 Å². The summed E-state index contributed by atoms with van der Waals surface area (Å²) in [5.41, 5.74) is 2.79. The van der Waals surface area contributed by atoms with Gasteiger partial charge >= 0.3 is 0 Å². The predicted octanol–water partition coefficient (Wildman–Crippen LogP) is 3.40. The van der Waals surface area contributed by atoms with Gasteiger partial charge in [-0.15, -0.1) is 36.2 Å². The van der Waals surface area contributed by atoms with Crippen molar-refractivity contribution >= 4 is 42.1 Å². The molecule has 1 amide bonds. The van der Waals surface area contributed by atoms with Crippen LogP contribution in [0.4, 0.5) is 0 Å². The molecule has 1 aromatic heterocycles. The first kappa shape index (κ1) is 19.9. The van der Waals surface area contributed by atoms with Crippen molar-refractivity contribution in [1.82, 2.24) is 15.2 Å². The van der Waals surface area contributed by atoms with Crippen LogP contribution in [0.1, 0.15) is 22.5 Å². The quantitative estimate of drug-likeness (QED) is 0.877. The predicted molar refractivity (Wildman–Crippen MR) is 100 cm³/mol. The molecule has 4 nitrogen and oxygen atoms in total. The number of hydrogen-bond acceptors (Lipinski definition) is 4. The van der Waals surface area contributed by atoms with E-state index in [-0.39, 0.29) is 30.7 Å². The average molecular weight is 374 g/mol. The highest BCUT2D eigenvalue weighted by atomic mass is 35.5. The molecule has 3 rings (SSSR count). The van der Waals surface area contributed by atoms with E-state index in [1.165, 1.54) is 0 Å². The molecule has 0 bridgehead atoms. The number of carbonyl (C=O) groups excluding carboxylic acids is 1. The summed E-state index contributed by atoms with van der Waals surface area (Å²) in [6, 6.07) is 7.80.